The molecule has 1 unspecified atom stereocenters. The highest BCUT2D eigenvalue weighted by atomic mass is 32.2. The van der Waals surface area contributed by atoms with Gasteiger partial charge in [0.05, 0.1) is 10.9 Å². The number of nitrogens with zero attached hydrogens (tertiary/aromatic N) is 3. The van der Waals surface area contributed by atoms with Gasteiger partial charge in [-0.15, -0.1) is 11.3 Å². The van der Waals surface area contributed by atoms with Gasteiger partial charge in [-0.2, -0.15) is 0 Å². The summed E-state index contributed by atoms with van der Waals surface area (Å²) in [4.78, 5) is 32.0. The summed E-state index contributed by atoms with van der Waals surface area (Å²) in [6, 6.07) is 4.97. The van der Waals surface area contributed by atoms with Crippen molar-refractivity contribution < 1.29 is 27.9 Å². The van der Waals surface area contributed by atoms with E-state index in [0.717, 1.165) is 17.6 Å². The first kappa shape index (κ1) is 26.0. The van der Waals surface area contributed by atoms with E-state index in [0.29, 0.717) is 35.9 Å². The van der Waals surface area contributed by atoms with Gasteiger partial charge in [0.25, 0.3) is 0 Å². The molecule has 0 radical (unpaired) electrons. The molecule has 1 aliphatic rings. The lowest BCUT2D eigenvalue weighted by Crippen LogP contribution is -2.58. The number of carbonyl (C=O) groups is 2. The Balaban J connectivity index is 1.92. The normalized spacial score (nSPS) is 17.2. The zero-order valence-corrected chi connectivity index (χ0v) is 21.9. The van der Waals surface area contributed by atoms with Crippen molar-refractivity contribution in [2.24, 2.45) is 5.92 Å². The van der Waals surface area contributed by atoms with E-state index < -0.39 is 21.4 Å². The minimum atomic E-state index is -3.62. The first-order chi connectivity index (χ1) is 15.7. The lowest BCUT2D eigenvalue weighted by atomic mass is 9.99. The molecule has 0 spiro atoms. The van der Waals surface area contributed by atoms with Gasteiger partial charge in [0.15, 0.2) is 15.5 Å². The summed E-state index contributed by atoms with van der Waals surface area (Å²) in [5.41, 5.74) is 0.374. The molecule has 1 aliphatic heterocycles. The second kappa shape index (κ2) is 9.53. The molecule has 186 valence electrons. The summed E-state index contributed by atoms with van der Waals surface area (Å²) in [5.74, 6) is -1.00. The maximum Gasteiger partial charge on any atom is 0.410 e. The van der Waals surface area contributed by atoms with E-state index in [1.807, 2.05) is 40.7 Å². The van der Waals surface area contributed by atoms with E-state index in [1.54, 1.807) is 17.0 Å². The molecule has 1 saturated heterocycles. The van der Waals surface area contributed by atoms with Gasteiger partial charge in [-0.1, -0.05) is 13.8 Å². The third kappa shape index (κ3) is 5.87. The predicted molar refractivity (Wildman–Crippen MR) is 131 cm³/mol. The van der Waals surface area contributed by atoms with Crippen molar-refractivity contribution in [3.05, 3.63) is 29.3 Å². The fourth-order valence-corrected chi connectivity index (χ4v) is 5.65. The number of aromatic carboxylic acids is 1. The summed E-state index contributed by atoms with van der Waals surface area (Å²) >= 11 is 1.09. The van der Waals surface area contributed by atoms with Crippen LogP contribution in [-0.4, -0.2) is 73.0 Å². The first-order valence-electron chi connectivity index (χ1n) is 10.9. The molecule has 11 heteroatoms. The molecule has 1 N–H and O–H groups in total. The quantitative estimate of drug-likeness (QED) is 0.643. The highest BCUT2D eigenvalue weighted by molar-refractivity contribution is 7.90. The van der Waals surface area contributed by atoms with Gasteiger partial charge in [-0.25, -0.2) is 23.0 Å². The molecule has 1 atom stereocenters. The number of anilines is 1. The van der Waals surface area contributed by atoms with Crippen LogP contribution in [-0.2, 0) is 14.6 Å². The molecule has 2 aromatic rings. The fourth-order valence-electron chi connectivity index (χ4n) is 3.85. The summed E-state index contributed by atoms with van der Waals surface area (Å²) in [6.07, 6.45) is 0.773. The number of benzene rings is 1. The monoisotopic (exact) mass is 509 g/mol. The van der Waals surface area contributed by atoms with Crippen LogP contribution in [0.5, 0.6) is 0 Å². The Hall–Kier alpha value is -2.66. The number of carboxylic acid groups (broad SMARTS) is 1. The van der Waals surface area contributed by atoms with E-state index in [-0.39, 0.29) is 28.6 Å². The van der Waals surface area contributed by atoms with Crippen molar-refractivity contribution in [3.8, 4) is 10.6 Å². The third-order valence-corrected chi connectivity index (χ3v) is 7.51. The minimum absolute atomic E-state index is 0.0898. The van der Waals surface area contributed by atoms with E-state index >= 15 is 0 Å². The zero-order chi connectivity index (χ0) is 25.4. The van der Waals surface area contributed by atoms with E-state index in [2.05, 4.69) is 9.88 Å². The van der Waals surface area contributed by atoms with Crippen LogP contribution in [0.25, 0.3) is 10.6 Å². The van der Waals surface area contributed by atoms with Gasteiger partial charge in [0, 0.05) is 42.5 Å². The Morgan fingerprint density at radius 3 is 2.44 bits per heavy atom. The van der Waals surface area contributed by atoms with Crippen molar-refractivity contribution >= 4 is 38.9 Å². The van der Waals surface area contributed by atoms with E-state index in [1.165, 1.54) is 5.38 Å². The molecular formula is C23H31N3O6S2. The number of aromatic nitrogens is 1. The molecule has 1 aromatic heterocycles. The van der Waals surface area contributed by atoms with Gasteiger partial charge in [-0.3, -0.25) is 0 Å². The Labute approximate surface area is 204 Å². The van der Waals surface area contributed by atoms with Crippen LogP contribution in [0.4, 0.5) is 10.5 Å². The smallest absolute Gasteiger partial charge is 0.410 e. The number of thiazole rings is 1. The molecule has 1 fully saturated rings. The summed E-state index contributed by atoms with van der Waals surface area (Å²) in [6.45, 7) is 11.1. The molecule has 9 nitrogen and oxygen atoms in total. The number of carbonyl (C=O) groups excluding carboxylic acids is 1. The molecular weight excluding hydrogens is 478 g/mol. The first-order valence-corrected chi connectivity index (χ1v) is 13.7. The van der Waals surface area contributed by atoms with Gasteiger partial charge >= 0.3 is 12.1 Å². The lowest BCUT2D eigenvalue weighted by Gasteiger charge is -2.44. The van der Waals surface area contributed by atoms with Crippen molar-refractivity contribution in [3.63, 3.8) is 0 Å². The minimum Gasteiger partial charge on any atom is -0.476 e. The molecule has 1 amide bonds. The number of ether oxygens (including phenoxy) is 1. The van der Waals surface area contributed by atoms with E-state index in [4.69, 9.17) is 9.84 Å². The number of hydrogen-bond acceptors (Lipinski definition) is 8. The molecule has 0 bridgehead atoms. The molecule has 34 heavy (non-hydrogen) atoms. The van der Waals surface area contributed by atoms with E-state index in [9.17, 15) is 18.0 Å². The number of rotatable bonds is 5. The zero-order valence-electron chi connectivity index (χ0n) is 20.2. The number of sulfone groups is 1. The predicted octanol–water partition coefficient (Wildman–Crippen LogP) is 3.99. The summed E-state index contributed by atoms with van der Waals surface area (Å²) in [7, 11) is -3.62. The van der Waals surface area contributed by atoms with Crippen molar-refractivity contribution in [1.82, 2.24) is 9.88 Å². The Morgan fingerprint density at radius 2 is 1.91 bits per heavy atom. The topological polar surface area (TPSA) is 117 Å². The molecule has 1 aromatic carbocycles. The Morgan fingerprint density at radius 1 is 1.24 bits per heavy atom. The van der Waals surface area contributed by atoms with Crippen LogP contribution in [0.15, 0.2) is 28.5 Å². The second-order valence-electron chi connectivity index (χ2n) is 9.73. The maximum absolute atomic E-state index is 12.8. The SMILES string of the molecule is CC(C)C1CN(c2ccc(-c3nc(C(=O)O)cs3)c(S(C)(=O)=O)c2)CCN1C(=O)OC(C)(C)C. The largest absolute Gasteiger partial charge is 0.476 e. The molecule has 0 saturated carbocycles. The van der Waals surface area contributed by atoms with Crippen molar-refractivity contribution in [1.29, 1.82) is 0 Å². The van der Waals surface area contributed by atoms with Crippen LogP contribution in [0, 0.1) is 5.92 Å². The Kier molecular flexibility index (Phi) is 7.28. The summed E-state index contributed by atoms with van der Waals surface area (Å²) in [5, 5.41) is 10.9. The highest BCUT2D eigenvalue weighted by Crippen LogP contribution is 2.34. The van der Waals surface area contributed by atoms with Crippen molar-refractivity contribution in [2.75, 3.05) is 30.8 Å². The third-order valence-electron chi connectivity index (χ3n) is 5.50. The van der Waals surface area contributed by atoms with Gasteiger partial charge in [0.2, 0.25) is 0 Å². The van der Waals surface area contributed by atoms with Gasteiger partial charge in [0.1, 0.15) is 10.6 Å². The molecule has 0 aliphatic carbocycles. The number of amides is 1. The Bertz CT molecular complexity index is 1180. The van der Waals surface area contributed by atoms with Crippen LogP contribution >= 0.6 is 11.3 Å². The lowest BCUT2D eigenvalue weighted by molar-refractivity contribution is 0.00881. The number of piperazine rings is 1. The fraction of sp³-hybridized carbons (Fsp3) is 0.522. The second-order valence-corrected chi connectivity index (χ2v) is 12.6. The van der Waals surface area contributed by atoms with Crippen molar-refractivity contribution in [2.45, 2.75) is 51.2 Å². The standard InChI is InChI=1S/C23H31N3O6S2/c1-14(2)18-12-25(9-10-26(18)22(29)32-23(3,4)5)15-7-8-16(19(11-15)34(6,30)31)20-24-17(13-33-20)21(27)28/h7-8,11,13-14,18H,9-10,12H2,1-6H3,(H,27,28). The highest BCUT2D eigenvalue weighted by Gasteiger charge is 2.35. The summed E-state index contributed by atoms with van der Waals surface area (Å²) < 4.78 is 30.8. The average Bonchev–Trinajstić information content (AvgIpc) is 3.21. The van der Waals surface area contributed by atoms with Crippen LogP contribution in [0.2, 0.25) is 0 Å². The van der Waals surface area contributed by atoms with Gasteiger partial charge < -0.3 is 19.6 Å². The van der Waals surface area contributed by atoms with Crippen LogP contribution in [0.3, 0.4) is 0 Å². The number of hydrogen-bond donors (Lipinski definition) is 1. The van der Waals surface area contributed by atoms with Gasteiger partial charge in [-0.05, 0) is 44.9 Å². The average molecular weight is 510 g/mol. The maximum atomic E-state index is 12.8. The number of carboxylic acids is 1. The van der Waals surface area contributed by atoms with Crippen LogP contribution < -0.4 is 4.90 Å². The molecule has 3 rings (SSSR count). The molecule has 2 heterocycles. The van der Waals surface area contributed by atoms with Crippen LogP contribution in [0.1, 0.15) is 45.1 Å².